The van der Waals surface area contributed by atoms with Crippen LogP contribution in [0.5, 0.6) is 0 Å². The van der Waals surface area contributed by atoms with Gasteiger partial charge in [-0.25, -0.2) is 34.3 Å². The van der Waals surface area contributed by atoms with Gasteiger partial charge in [0, 0.05) is 78.2 Å². The van der Waals surface area contributed by atoms with Gasteiger partial charge in [0.05, 0.1) is 60.1 Å². The standard InChI is InChI=1S/C16H16N2O2.C14H14N4O.C14H12N2O2.C12H8N2O2/c1-2-3-8-20-16(19)14-9-12-11-6-4-5-7-13(11)18-15(12)10-17-14;15-5-6-16-14(19)12-7-10-9-3-1-2-4-11(9)18-13(10)8-17-12;1-2-18-14(17)12-7-10-9-5-3-4-6-11(9)16-13(10)8-15-12;15-12(16)10-5-8-7-3-1-2-4-9(7)14-11(8)6-13-10/h4-7,9-10,18H,2-3,8H2,1H3;1-4,7-8,18H,5-6,15H2,(H,16,19);3-8,16H,2H2,1H3;1-6,14H,(H,15,16). The average Bonchev–Trinajstić information content (AvgIpc) is 4.20. The highest BCUT2D eigenvalue weighted by Gasteiger charge is 2.15. The summed E-state index contributed by atoms with van der Waals surface area (Å²) in [6.45, 7) is 5.51. The Hall–Kier alpha value is -9.48. The maximum atomic E-state index is 11.9. The molecule has 12 rings (SSSR count). The van der Waals surface area contributed by atoms with Crippen molar-refractivity contribution in [2.24, 2.45) is 5.73 Å². The zero-order valence-corrected chi connectivity index (χ0v) is 39.9. The summed E-state index contributed by atoms with van der Waals surface area (Å²) in [7, 11) is 0. The van der Waals surface area contributed by atoms with Gasteiger partial charge in [0.25, 0.3) is 5.91 Å². The summed E-state index contributed by atoms with van der Waals surface area (Å²) in [5.74, 6) is -1.94. The number of aromatic carboxylic acids is 1. The van der Waals surface area contributed by atoms with E-state index in [2.05, 4.69) is 52.1 Å². The second-order valence-corrected chi connectivity index (χ2v) is 16.7. The normalized spacial score (nSPS) is 11.0. The largest absolute Gasteiger partial charge is 0.477 e. The van der Waals surface area contributed by atoms with Gasteiger partial charge in [-0.05, 0) is 61.9 Å². The summed E-state index contributed by atoms with van der Waals surface area (Å²) < 4.78 is 10.1. The van der Waals surface area contributed by atoms with Crippen molar-refractivity contribution in [1.82, 2.24) is 45.2 Å². The number of unbranched alkanes of at least 4 members (excludes halogenated alkanes) is 1. The first kappa shape index (κ1) is 48.5. The van der Waals surface area contributed by atoms with Crippen LogP contribution in [-0.2, 0) is 9.47 Å². The molecule has 0 aliphatic carbocycles. The lowest BCUT2D eigenvalue weighted by molar-refractivity contribution is 0.0490. The molecule has 0 saturated carbocycles. The van der Waals surface area contributed by atoms with Crippen molar-refractivity contribution in [1.29, 1.82) is 0 Å². The molecule has 0 saturated heterocycles. The lowest BCUT2D eigenvalue weighted by atomic mass is 10.1. The average molecular weight is 975 g/mol. The molecule has 0 fully saturated rings. The molecule has 4 aromatic carbocycles. The van der Waals surface area contributed by atoms with Crippen LogP contribution in [0.15, 0.2) is 146 Å². The summed E-state index contributed by atoms with van der Waals surface area (Å²) in [5, 5.41) is 19.8. The van der Waals surface area contributed by atoms with Crippen molar-refractivity contribution >= 4 is 111 Å². The number of aromatic nitrogens is 8. The lowest BCUT2D eigenvalue weighted by Gasteiger charge is -2.03. The van der Waals surface area contributed by atoms with Crippen LogP contribution in [0.1, 0.15) is 68.6 Å². The number of hydrogen-bond acceptors (Lipinski definition) is 11. The molecule has 0 radical (unpaired) electrons. The number of carboxylic acid groups (broad SMARTS) is 1. The Morgan fingerprint density at radius 1 is 0.493 bits per heavy atom. The molecule has 17 heteroatoms. The third-order valence-corrected chi connectivity index (χ3v) is 11.9. The fourth-order valence-corrected chi connectivity index (χ4v) is 8.33. The second-order valence-electron chi connectivity index (χ2n) is 16.7. The van der Waals surface area contributed by atoms with Crippen molar-refractivity contribution in [3.63, 3.8) is 0 Å². The van der Waals surface area contributed by atoms with Gasteiger partial charge in [0.2, 0.25) is 0 Å². The summed E-state index contributed by atoms with van der Waals surface area (Å²) in [5.41, 5.74) is 14.3. The molecule has 0 aliphatic rings. The molecule has 8 aromatic heterocycles. The van der Waals surface area contributed by atoms with Crippen LogP contribution < -0.4 is 11.1 Å². The number of nitrogens with two attached hydrogens (primary N) is 1. The molecular formula is C56H50N10O7. The van der Waals surface area contributed by atoms with E-state index in [4.69, 9.17) is 20.3 Å². The minimum Gasteiger partial charge on any atom is -0.477 e. The number of fused-ring (bicyclic) bond motifs is 12. The van der Waals surface area contributed by atoms with Crippen LogP contribution in [0.2, 0.25) is 0 Å². The number of benzene rings is 4. The molecule has 0 atom stereocenters. The molecule has 73 heavy (non-hydrogen) atoms. The third kappa shape index (κ3) is 10.7. The van der Waals surface area contributed by atoms with E-state index in [0.717, 1.165) is 100 Å². The predicted molar refractivity (Wildman–Crippen MR) is 284 cm³/mol. The Morgan fingerprint density at radius 3 is 1.23 bits per heavy atom. The number of pyridine rings is 4. The Morgan fingerprint density at radius 2 is 0.849 bits per heavy atom. The molecule has 0 bridgehead atoms. The molecule has 17 nitrogen and oxygen atoms in total. The molecule has 366 valence electrons. The van der Waals surface area contributed by atoms with E-state index in [-0.39, 0.29) is 23.5 Å². The van der Waals surface area contributed by atoms with Crippen LogP contribution in [-0.4, -0.2) is 95.1 Å². The predicted octanol–water partition coefficient (Wildman–Crippen LogP) is 10.4. The Balaban J connectivity index is 0.000000120. The van der Waals surface area contributed by atoms with Crippen LogP contribution in [0.3, 0.4) is 0 Å². The molecule has 1 amide bonds. The maximum Gasteiger partial charge on any atom is 0.356 e. The monoisotopic (exact) mass is 974 g/mol. The van der Waals surface area contributed by atoms with E-state index in [1.807, 2.05) is 97.1 Å². The topological polar surface area (TPSA) is 260 Å². The molecule has 0 unspecified atom stereocenters. The number of carboxylic acids is 1. The van der Waals surface area contributed by atoms with E-state index in [1.54, 1.807) is 56.0 Å². The molecule has 0 aliphatic heterocycles. The van der Waals surface area contributed by atoms with Gasteiger partial charge in [-0.1, -0.05) is 86.1 Å². The Labute approximate surface area is 416 Å². The summed E-state index contributed by atoms with van der Waals surface area (Å²) in [6, 6.07) is 38.7. The first-order valence-electron chi connectivity index (χ1n) is 23.7. The van der Waals surface area contributed by atoms with Crippen LogP contribution in [0.25, 0.3) is 87.2 Å². The van der Waals surface area contributed by atoms with E-state index in [0.29, 0.717) is 43.4 Å². The number of para-hydroxylation sites is 4. The number of carbonyl (C=O) groups excluding carboxylic acids is 3. The fourth-order valence-electron chi connectivity index (χ4n) is 8.33. The van der Waals surface area contributed by atoms with Gasteiger partial charge in [-0.15, -0.1) is 0 Å². The van der Waals surface area contributed by atoms with Gasteiger partial charge in [0.1, 0.15) is 22.8 Å². The highest BCUT2D eigenvalue weighted by Crippen LogP contribution is 2.28. The minimum absolute atomic E-state index is 0.0669. The number of amides is 1. The summed E-state index contributed by atoms with van der Waals surface area (Å²) in [6.07, 6.45) is 8.47. The Kier molecular flexibility index (Phi) is 14.7. The van der Waals surface area contributed by atoms with Gasteiger partial charge in [0.15, 0.2) is 0 Å². The number of rotatable bonds is 10. The number of hydrogen-bond donors (Lipinski definition) is 7. The molecule has 8 heterocycles. The second kappa shape index (κ2) is 22.1. The first-order valence-corrected chi connectivity index (χ1v) is 23.7. The maximum absolute atomic E-state index is 11.9. The number of aromatic amines is 4. The van der Waals surface area contributed by atoms with Crippen LogP contribution >= 0.6 is 0 Å². The number of nitrogens with zero attached hydrogens (tertiary/aromatic N) is 4. The van der Waals surface area contributed by atoms with Gasteiger partial charge in [-0.3, -0.25) is 4.79 Å². The fraction of sp³-hybridized carbons (Fsp3) is 0.143. The number of ether oxygens (including phenoxy) is 2. The van der Waals surface area contributed by atoms with Gasteiger partial charge < -0.3 is 45.6 Å². The highest BCUT2D eigenvalue weighted by atomic mass is 16.5. The van der Waals surface area contributed by atoms with Crippen molar-refractivity contribution in [2.75, 3.05) is 26.3 Å². The summed E-state index contributed by atoms with van der Waals surface area (Å²) >= 11 is 0. The number of H-pyrrole nitrogens is 4. The highest BCUT2D eigenvalue weighted by molar-refractivity contribution is 6.11. The van der Waals surface area contributed by atoms with E-state index < -0.39 is 5.97 Å². The van der Waals surface area contributed by atoms with Gasteiger partial charge in [-0.2, -0.15) is 0 Å². The molecular weight excluding hydrogens is 925 g/mol. The lowest BCUT2D eigenvalue weighted by Crippen LogP contribution is -2.29. The van der Waals surface area contributed by atoms with Crippen molar-refractivity contribution in [2.45, 2.75) is 26.7 Å². The zero-order chi connectivity index (χ0) is 50.8. The van der Waals surface area contributed by atoms with Gasteiger partial charge >= 0.3 is 17.9 Å². The van der Waals surface area contributed by atoms with E-state index >= 15 is 0 Å². The molecule has 12 aromatic rings. The minimum atomic E-state index is -1.01. The van der Waals surface area contributed by atoms with Crippen LogP contribution in [0, 0.1) is 0 Å². The number of carbonyl (C=O) groups is 4. The smallest absolute Gasteiger partial charge is 0.356 e. The number of nitrogens with one attached hydrogen (secondary N) is 5. The van der Waals surface area contributed by atoms with Crippen LogP contribution in [0.4, 0.5) is 0 Å². The zero-order valence-electron chi connectivity index (χ0n) is 39.9. The van der Waals surface area contributed by atoms with Crippen molar-refractivity contribution < 1.29 is 33.8 Å². The van der Waals surface area contributed by atoms with Crippen molar-refractivity contribution in [3.05, 3.63) is 169 Å². The Bertz CT molecular complexity index is 3970. The van der Waals surface area contributed by atoms with E-state index in [1.165, 1.54) is 0 Å². The molecule has 0 spiro atoms. The third-order valence-electron chi connectivity index (χ3n) is 11.9. The summed E-state index contributed by atoms with van der Waals surface area (Å²) in [4.78, 5) is 75.6. The quantitative estimate of drug-likeness (QED) is 0.0499. The first-order chi connectivity index (χ1) is 35.6. The SMILES string of the molecule is CCCCOC(=O)c1cc2c(cn1)[nH]c1ccccc12.CCOC(=O)c1cc2c(cn1)[nH]c1ccccc12.NCCNC(=O)c1cc2c(cn1)[nH]c1ccccc12.O=C(O)c1cc2c(cn1)[nH]c1ccccc12. The molecule has 8 N–H and O–H groups in total. The van der Waals surface area contributed by atoms with Crippen molar-refractivity contribution in [3.8, 4) is 0 Å². The number of esters is 2. The van der Waals surface area contributed by atoms with E-state index in [9.17, 15) is 19.2 Å².